The van der Waals surface area contributed by atoms with Crippen LogP contribution in [0.5, 0.6) is 11.5 Å². The molecular formula is C33H30Cl2N4O5. The lowest BCUT2D eigenvalue weighted by Gasteiger charge is -2.44. The number of benzene rings is 3. The summed E-state index contributed by atoms with van der Waals surface area (Å²) in [5.74, 6) is 0.375. The van der Waals surface area contributed by atoms with Crippen molar-refractivity contribution in [1.29, 1.82) is 0 Å². The molecule has 2 aliphatic rings. The number of amides is 2. The Labute approximate surface area is 264 Å². The van der Waals surface area contributed by atoms with Crippen LogP contribution in [-0.4, -0.2) is 43.7 Å². The van der Waals surface area contributed by atoms with Gasteiger partial charge in [-0.3, -0.25) is 14.4 Å². The van der Waals surface area contributed by atoms with E-state index in [9.17, 15) is 14.4 Å². The first kappa shape index (κ1) is 29.6. The van der Waals surface area contributed by atoms with Gasteiger partial charge in [-0.2, -0.15) is 0 Å². The van der Waals surface area contributed by atoms with Crippen LogP contribution in [0.15, 0.2) is 77.6 Å². The van der Waals surface area contributed by atoms with Crippen LogP contribution in [0.1, 0.15) is 38.7 Å². The summed E-state index contributed by atoms with van der Waals surface area (Å²) in [6, 6.07) is 20.6. The molecule has 0 saturated carbocycles. The summed E-state index contributed by atoms with van der Waals surface area (Å²) < 4.78 is 12.6. The third-order valence-electron chi connectivity index (χ3n) is 8.17. The quantitative estimate of drug-likeness (QED) is 0.248. The number of aromatic nitrogens is 1. The summed E-state index contributed by atoms with van der Waals surface area (Å²) in [7, 11) is 2.98. The predicted molar refractivity (Wildman–Crippen MR) is 172 cm³/mol. The van der Waals surface area contributed by atoms with E-state index in [-0.39, 0.29) is 17.4 Å². The molecule has 226 valence electrons. The van der Waals surface area contributed by atoms with Crippen molar-refractivity contribution < 1.29 is 19.1 Å². The van der Waals surface area contributed by atoms with Crippen molar-refractivity contribution in [2.45, 2.75) is 18.9 Å². The highest BCUT2D eigenvalue weighted by atomic mass is 35.5. The zero-order valence-electron chi connectivity index (χ0n) is 24.1. The van der Waals surface area contributed by atoms with Gasteiger partial charge < -0.3 is 29.6 Å². The van der Waals surface area contributed by atoms with Crippen LogP contribution < -0.4 is 30.6 Å². The van der Waals surface area contributed by atoms with Crippen molar-refractivity contribution in [2.24, 2.45) is 5.92 Å². The molecule has 9 nitrogen and oxygen atoms in total. The second-order valence-corrected chi connectivity index (χ2v) is 11.7. The fourth-order valence-corrected chi connectivity index (χ4v) is 6.60. The number of hydrogen-bond acceptors (Lipinski definition) is 6. The molecule has 1 aromatic heterocycles. The van der Waals surface area contributed by atoms with E-state index >= 15 is 0 Å². The molecule has 1 saturated heterocycles. The number of hydrogen-bond donors (Lipinski definition) is 2. The van der Waals surface area contributed by atoms with Gasteiger partial charge >= 0.3 is 0 Å². The summed E-state index contributed by atoms with van der Waals surface area (Å²) in [4.78, 5) is 41.7. The lowest BCUT2D eigenvalue weighted by Crippen LogP contribution is -2.47. The molecule has 0 spiro atoms. The molecule has 4 aromatic rings. The van der Waals surface area contributed by atoms with E-state index in [0.29, 0.717) is 63.7 Å². The molecule has 3 heterocycles. The maximum atomic E-state index is 13.5. The lowest BCUT2D eigenvalue weighted by molar-refractivity contribution is 0.101. The average molecular weight is 634 g/mol. The minimum atomic E-state index is -0.423. The number of halogens is 2. The first-order chi connectivity index (χ1) is 21.2. The Morgan fingerprint density at radius 1 is 0.795 bits per heavy atom. The number of piperidine rings is 1. The van der Waals surface area contributed by atoms with Gasteiger partial charge in [0, 0.05) is 48.9 Å². The Bertz CT molecular complexity index is 1820. The van der Waals surface area contributed by atoms with E-state index in [1.807, 2.05) is 16.7 Å². The van der Waals surface area contributed by atoms with E-state index in [2.05, 4.69) is 15.5 Å². The van der Waals surface area contributed by atoms with Crippen molar-refractivity contribution in [3.8, 4) is 11.5 Å². The molecule has 3 aromatic carbocycles. The molecule has 1 fully saturated rings. The Balaban J connectivity index is 1.34. The molecule has 6 rings (SSSR count). The average Bonchev–Trinajstić information content (AvgIpc) is 3.02. The third kappa shape index (κ3) is 5.73. The first-order valence-corrected chi connectivity index (χ1v) is 14.9. The van der Waals surface area contributed by atoms with E-state index < -0.39 is 11.8 Å². The number of fused-ring (bicyclic) bond motifs is 4. The third-order valence-corrected chi connectivity index (χ3v) is 8.79. The number of rotatable bonds is 7. The molecule has 0 radical (unpaired) electrons. The summed E-state index contributed by atoms with van der Waals surface area (Å²) >= 11 is 12.7. The van der Waals surface area contributed by atoms with Crippen LogP contribution in [0, 0.1) is 5.92 Å². The Morgan fingerprint density at radius 2 is 1.57 bits per heavy atom. The van der Waals surface area contributed by atoms with Crippen molar-refractivity contribution >= 4 is 52.1 Å². The molecule has 2 N–H and O–H groups in total. The lowest BCUT2D eigenvalue weighted by atomic mass is 9.83. The topological polar surface area (TPSA) is 102 Å². The highest BCUT2D eigenvalue weighted by Gasteiger charge is 2.35. The molecule has 2 bridgehead atoms. The van der Waals surface area contributed by atoms with Crippen LogP contribution in [0.4, 0.5) is 17.1 Å². The van der Waals surface area contributed by atoms with E-state index in [4.69, 9.17) is 32.7 Å². The van der Waals surface area contributed by atoms with Crippen LogP contribution >= 0.6 is 23.2 Å². The standard InChI is InChI=1S/C33H30Cl2N4O5/c1-43-29-15-30(44-2)26(14-24(29)35)37-32(41)20-10-11-28(25(13-20)36-33(42)22-6-3-4-7-23(22)34)38-16-19-12-21(18-38)27-8-5-9-31(40)39(27)17-19/h3-11,13-15,19,21H,12,16-18H2,1-2H3,(H,36,42)(H,37,41)/t19-,21+/m1/s1. The van der Waals surface area contributed by atoms with Gasteiger partial charge in [-0.1, -0.05) is 41.4 Å². The van der Waals surface area contributed by atoms with Crippen LogP contribution in [-0.2, 0) is 6.54 Å². The van der Waals surface area contributed by atoms with E-state index in [0.717, 1.165) is 17.8 Å². The monoisotopic (exact) mass is 632 g/mol. The summed E-state index contributed by atoms with van der Waals surface area (Å²) in [5, 5.41) is 6.49. The molecule has 11 heteroatoms. The molecular weight excluding hydrogens is 603 g/mol. The fraction of sp³-hybridized carbons (Fsp3) is 0.242. The molecule has 2 amide bonds. The zero-order chi connectivity index (χ0) is 31.0. The van der Waals surface area contributed by atoms with E-state index in [1.54, 1.807) is 60.7 Å². The largest absolute Gasteiger partial charge is 0.495 e. The number of nitrogens with zero attached hydrogens (tertiary/aromatic N) is 2. The number of ether oxygens (including phenoxy) is 2. The molecule has 2 aliphatic heterocycles. The number of carbonyl (C=O) groups is 2. The van der Waals surface area contributed by atoms with Crippen molar-refractivity contribution in [3.63, 3.8) is 0 Å². The number of nitrogens with one attached hydrogen (secondary N) is 2. The number of pyridine rings is 1. The molecule has 0 unspecified atom stereocenters. The van der Waals surface area contributed by atoms with Gasteiger partial charge in [0.05, 0.1) is 46.9 Å². The maximum absolute atomic E-state index is 13.5. The minimum absolute atomic E-state index is 0.0171. The molecule has 0 aliphatic carbocycles. The fourth-order valence-electron chi connectivity index (χ4n) is 6.13. The highest BCUT2D eigenvalue weighted by Crippen LogP contribution is 2.40. The van der Waals surface area contributed by atoms with Gasteiger partial charge in [-0.15, -0.1) is 0 Å². The summed E-state index contributed by atoms with van der Waals surface area (Å²) in [5.41, 5.74) is 3.27. The van der Waals surface area contributed by atoms with Gasteiger partial charge in [-0.05, 0) is 54.8 Å². The smallest absolute Gasteiger partial charge is 0.257 e. The van der Waals surface area contributed by atoms with E-state index in [1.165, 1.54) is 14.2 Å². The van der Waals surface area contributed by atoms with Gasteiger partial charge in [-0.25, -0.2) is 0 Å². The number of carbonyl (C=O) groups excluding carboxylic acids is 2. The SMILES string of the molecule is COc1cc(OC)c(NC(=O)c2ccc(N3C[C@H]4C[C@@H](C3)c3cccc(=O)n3C4)c(NC(=O)c3ccccc3Cl)c2)cc1Cl. The second kappa shape index (κ2) is 12.3. The Morgan fingerprint density at radius 3 is 2.34 bits per heavy atom. The van der Waals surface area contributed by atoms with Crippen LogP contribution in [0.3, 0.4) is 0 Å². The van der Waals surface area contributed by atoms with Gasteiger partial charge in [0.1, 0.15) is 11.5 Å². The normalized spacial score (nSPS) is 17.0. The summed E-state index contributed by atoms with van der Waals surface area (Å²) in [6.45, 7) is 1.98. The van der Waals surface area contributed by atoms with Gasteiger partial charge in [0.15, 0.2) is 0 Å². The van der Waals surface area contributed by atoms with Gasteiger partial charge in [0.25, 0.3) is 17.4 Å². The maximum Gasteiger partial charge on any atom is 0.257 e. The van der Waals surface area contributed by atoms with Crippen molar-refractivity contribution in [2.75, 3.05) is 42.8 Å². The Hall–Kier alpha value is -4.47. The molecule has 2 atom stereocenters. The second-order valence-electron chi connectivity index (χ2n) is 10.9. The van der Waals surface area contributed by atoms with Crippen molar-refractivity contribution in [1.82, 2.24) is 4.57 Å². The van der Waals surface area contributed by atoms with Gasteiger partial charge in [0.2, 0.25) is 0 Å². The summed E-state index contributed by atoms with van der Waals surface area (Å²) in [6.07, 6.45) is 0.980. The minimum Gasteiger partial charge on any atom is -0.495 e. The van der Waals surface area contributed by atoms with Crippen LogP contribution in [0.2, 0.25) is 10.0 Å². The van der Waals surface area contributed by atoms with Crippen LogP contribution in [0.25, 0.3) is 0 Å². The molecule has 44 heavy (non-hydrogen) atoms. The first-order valence-electron chi connectivity index (χ1n) is 14.1. The Kier molecular flexibility index (Phi) is 8.25. The number of methoxy groups -OCH3 is 2. The predicted octanol–water partition coefficient (Wildman–Crippen LogP) is 6.30. The number of anilines is 3. The zero-order valence-corrected chi connectivity index (χ0v) is 25.6. The highest BCUT2D eigenvalue weighted by molar-refractivity contribution is 6.34. The van der Waals surface area contributed by atoms with Crippen molar-refractivity contribution in [3.05, 3.63) is 110 Å².